The van der Waals surface area contributed by atoms with Crippen LogP contribution in [0.3, 0.4) is 0 Å². The van der Waals surface area contributed by atoms with Crippen molar-refractivity contribution < 1.29 is 22.7 Å². The van der Waals surface area contributed by atoms with Crippen molar-refractivity contribution in [3.05, 3.63) is 57.8 Å². The number of ether oxygens (including phenoxy) is 1. The molecule has 0 unspecified atom stereocenters. The largest absolute Gasteiger partial charge is 0.489 e. The molecule has 0 aromatic heterocycles. The molecular weight excluding hydrogens is 430 g/mol. The number of benzene rings is 2. The van der Waals surface area contributed by atoms with Gasteiger partial charge >= 0.3 is 0 Å². The van der Waals surface area contributed by atoms with Crippen LogP contribution in [0.15, 0.2) is 41.3 Å². The standard InChI is InChI=1S/C18H15Cl2FN2O4S/c19-13-2-4-18(15(20)5-13)28(25,26)23-8-12(10-24)17(9-23)27-14-3-1-11(7-22)16(21)6-14/h1-6,12,17,24H,8-10H2/t12-,17+/m1/s1. The Morgan fingerprint density at radius 3 is 2.61 bits per heavy atom. The molecule has 6 nitrogen and oxygen atoms in total. The van der Waals surface area contributed by atoms with Crippen molar-refractivity contribution in [3.8, 4) is 11.8 Å². The highest BCUT2D eigenvalue weighted by Crippen LogP contribution is 2.32. The minimum absolute atomic E-state index is 0.00780. The smallest absolute Gasteiger partial charge is 0.244 e. The predicted molar refractivity (Wildman–Crippen MR) is 101 cm³/mol. The topological polar surface area (TPSA) is 90.6 Å². The van der Waals surface area contributed by atoms with Crippen molar-refractivity contribution >= 4 is 33.2 Å². The molecule has 28 heavy (non-hydrogen) atoms. The molecule has 10 heteroatoms. The average Bonchev–Trinajstić information content (AvgIpc) is 3.05. The van der Waals surface area contributed by atoms with Crippen molar-refractivity contribution in [1.82, 2.24) is 4.31 Å². The van der Waals surface area contributed by atoms with E-state index in [1.165, 1.54) is 30.3 Å². The number of sulfonamides is 1. The number of nitrogens with zero attached hydrogens (tertiary/aromatic N) is 2. The zero-order chi connectivity index (χ0) is 20.5. The van der Waals surface area contributed by atoms with Gasteiger partial charge in [-0.05, 0) is 30.3 Å². The molecule has 0 aliphatic carbocycles. The van der Waals surface area contributed by atoms with Gasteiger partial charge in [-0.25, -0.2) is 12.8 Å². The van der Waals surface area contributed by atoms with E-state index >= 15 is 0 Å². The lowest BCUT2D eigenvalue weighted by atomic mass is 10.1. The second kappa shape index (κ2) is 8.23. The van der Waals surface area contributed by atoms with Gasteiger partial charge in [0.25, 0.3) is 0 Å². The summed E-state index contributed by atoms with van der Waals surface area (Å²) in [6, 6.07) is 9.54. The van der Waals surface area contributed by atoms with Gasteiger partial charge < -0.3 is 9.84 Å². The summed E-state index contributed by atoms with van der Waals surface area (Å²) in [6.07, 6.45) is -0.696. The first-order valence-electron chi connectivity index (χ1n) is 8.18. The summed E-state index contributed by atoms with van der Waals surface area (Å²) >= 11 is 11.9. The maximum Gasteiger partial charge on any atom is 0.244 e. The molecule has 2 aromatic rings. The fraction of sp³-hybridized carbons (Fsp3) is 0.278. The Morgan fingerprint density at radius 2 is 2.00 bits per heavy atom. The van der Waals surface area contributed by atoms with Crippen LogP contribution in [0.4, 0.5) is 4.39 Å². The molecule has 1 N–H and O–H groups in total. The van der Waals surface area contributed by atoms with E-state index in [2.05, 4.69) is 0 Å². The summed E-state index contributed by atoms with van der Waals surface area (Å²) in [7, 11) is -3.94. The van der Waals surface area contributed by atoms with Crippen LogP contribution in [-0.2, 0) is 10.0 Å². The Kier molecular flexibility index (Phi) is 6.12. The van der Waals surface area contributed by atoms with Crippen molar-refractivity contribution in [1.29, 1.82) is 5.26 Å². The molecule has 0 radical (unpaired) electrons. The zero-order valence-corrected chi connectivity index (χ0v) is 16.7. The SMILES string of the molecule is N#Cc1ccc(O[C@H]2CN(S(=O)(=O)c3ccc(Cl)cc3Cl)C[C@@H]2CO)cc1F. The first kappa shape index (κ1) is 20.8. The number of rotatable bonds is 5. The van der Waals surface area contributed by atoms with E-state index < -0.39 is 27.9 Å². The lowest BCUT2D eigenvalue weighted by Crippen LogP contribution is -2.31. The van der Waals surface area contributed by atoms with Crippen molar-refractivity contribution in [2.24, 2.45) is 5.92 Å². The van der Waals surface area contributed by atoms with Gasteiger partial charge in [-0.2, -0.15) is 9.57 Å². The minimum atomic E-state index is -3.94. The van der Waals surface area contributed by atoms with Gasteiger partial charge in [0.05, 0.1) is 23.7 Å². The van der Waals surface area contributed by atoms with Crippen LogP contribution in [0, 0.1) is 23.1 Å². The second-order valence-corrected chi connectivity index (χ2v) is 9.00. The Morgan fingerprint density at radius 1 is 1.25 bits per heavy atom. The fourth-order valence-electron chi connectivity index (χ4n) is 2.97. The van der Waals surface area contributed by atoms with Gasteiger partial charge in [0, 0.05) is 23.6 Å². The maximum absolute atomic E-state index is 13.8. The van der Waals surface area contributed by atoms with Crippen LogP contribution in [-0.4, -0.2) is 43.6 Å². The second-order valence-electron chi connectivity index (χ2n) is 6.25. The molecule has 2 atom stereocenters. The molecule has 2 aromatic carbocycles. The first-order chi connectivity index (χ1) is 13.3. The van der Waals surface area contributed by atoms with E-state index in [4.69, 9.17) is 33.2 Å². The highest BCUT2D eigenvalue weighted by atomic mass is 35.5. The van der Waals surface area contributed by atoms with Gasteiger partial charge in [0.1, 0.15) is 28.6 Å². The van der Waals surface area contributed by atoms with Crippen LogP contribution in [0.2, 0.25) is 10.0 Å². The molecule has 1 fully saturated rings. The lowest BCUT2D eigenvalue weighted by molar-refractivity contribution is 0.122. The van der Waals surface area contributed by atoms with Crippen molar-refractivity contribution in [2.45, 2.75) is 11.0 Å². The van der Waals surface area contributed by atoms with E-state index in [0.717, 1.165) is 10.4 Å². The zero-order valence-electron chi connectivity index (χ0n) is 14.3. The highest BCUT2D eigenvalue weighted by Gasteiger charge is 2.41. The average molecular weight is 445 g/mol. The molecule has 1 saturated heterocycles. The fourth-order valence-corrected chi connectivity index (χ4v) is 5.22. The molecule has 0 saturated carbocycles. The summed E-state index contributed by atoms with van der Waals surface area (Å²) in [5.74, 6) is -1.11. The van der Waals surface area contributed by atoms with Crippen LogP contribution < -0.4 is 4.74 Å². The van der Waals surface area contributed by atoms with E-state index in [1.54, 1.807) is 6.07 Å². The van der Waals surface area contributed by atoms with Crippen LogP contribution >= 0.6 is 23.2 Å². The van der Waals surface area contributed by atoms with Crippen molar-refractivity contribution in [2.75, 3.05) is 19.7 Å². The van der Waals surface area contributed by atoms with Gasteiger partial charge in [0.2, 0.25) is 10.0 Å². The summed E-state index contributed by atoms with van der Waals surface area (Å²) in [5, 5.41) is 18.7. The quantitative estimate of drug-likeness (QED) is 0.764. The molecule has 0 spiro atoms. The molecule has 0 bridgehead atoms. The molecule has 1 aliphatic heterocycles. The third-order valence-electron chi connectivity index (χ3n) is 4.44. The van der Waals surface area contributed by atoms with Crippen LogP contribution in [0.5, 0.6) is 5.75 Å². The third-order valence-corrected chi connectivity index (χ3v) is 6.99. The molecule has 1 heterocycles. The number of nitriles is 1. The van der Waals surface area contributed by atoms with Gasteiger partial charge in [-0.1, -0.05) is 23.2 Å². The molecule has 148 valence electrons. The van der Waals surface area contributed by atoms with E-state index in [1.807, 2.05) is 0 Å². The van der Waals surface area contributed by atoms with Crippen LogP contribution in [0.1, 0.15) is 5.56 Å². The Balaban J connectivity index is 1.83. The van der Waals surface area contributed by atoms with Gasteiger partial charge in [-0.15, -0.1) is 0 Å². The Hall–Kier alpha value is -1.89. The molecule has 3 rings (SSSR count). The van der Waals surface area contributed by atoms with Crippen molar-refractivity contribution in [3.63, 3.8) is 0 Å². The summed E-state index contributed by atoms with van der Waals surface area (Å²) in [6.45, 7) is -0.348. The third kappa shape index (κ3) is 4.09. The summed E-state index contributed by atoms with van der Waals surface area (Å²) < 4.78 is 46.5. The first-order valence-corrected chi connectivity index (χ1v) is 10.4. The molecular formula is C18H15Cl2FN2O4S. The predicted octanol–water partition coefficient (Wildman–Crippen LogP) is 3.06. The number of aliphatic hydroxyl groups is 1. The Labute approximate surface area is 171 Å². The number of halogens is 3. The number of aliphatic hydroxyl groups excluding tert-OH is 1. The monoisotopic (exact) mass is 444 g/mol. The lowest BCUT2D eigenvalue weighted by Gasteiger charge is -2.19. The molecule has 0 amide bonds. The number of hydrogen-bond acceptors (Lipinski definition) is 5. The summed E-state index contributed by atoms with van der Waals surface area (Å²) in [4.78, 5) is -0.0969. The van der Waals surface area contributed by atoms with E-state index in [-0.39, 0.29) is 40.9 Å². The molecule has 1 aliphatic rings. The maximum atomic E-state index is 13.8. The minimum Gasteiger partial charge on any atom is -0.489 e. The van der Waals surface area contributed by atoms with Gasteiger partial charge in [0.15, 0.2) is 0 Å². The number of hydrogen-bond donors (Lipinski definition) is 1. The Bertz CT molecular complexity index is 1040. The van der Waals surface area contributed by atoms with Crippen LogP contribution in [0.25, 0.3) is 0 Å². The van der Waals surface area contributed by atoms with E-state index in [0.29, 0.717) is 5.02 Å². The normalized spacial score (nSPS) is 20.1. The summed E-state index contributed by atoms with van der Waals surface area (Å²) in [5.41, 5.74) is -0.126. The van der Waals surface area contributed by atoms with E-state index in [9.17, 15) is 17.9 Å². The highest BCUT2D eigenvalue weighted by molar-refractivity contribution is 7.89. The van der Waals surface area contributed by atoms with Gasteiger partial charge in [-0.3, -0.25) is 0 Å².